The fourth-order valence-electron chi connectivity index (χ4n) is 6.67. The largest absolute Gasteiger partial charge is 0.265 e. The maximum Gasteiger partial charge on any atom is 0.0900 e. The topological polar surface area (TPSA) is 64.5 Å². The lowest BCUT2D eigenvalue weighted by Gasteiger charge is -2.15. The third-order valence-electron chi connectivity index (χ3n) is 9.09. The Bertz CT molecular complexity index is 2550. The van der Waals surface area contributed by atoms with Crippen molar-refractivity contribution in [3.63, 3.8) is 0 Å². The Morgan fingerprint density at radius 1 is 0.340 bits per heavy atom. The van der Waals surface area contributed by atoms with Gasteiger partial charge in [0.15, 0.2) is 0 Å². The third-order valence-corrected chi connectivity index (χ3v) is 9.09. The van der Waals surface area contributed by atoms with Crippen LogP contribution < -0.4 is 0 Å². The Morgan fingerprint density at radius 2 is 0.980 bits per heavy atom. The zero-order valence-corrected chi connectivity index (χ0v) is 27.0. The molecular weight excluding hydrogens is 611 g/mol. The van der Waals surface area contributed by atoms with Crippen LogP contribution in [0, 0.1) is 0 Å². The van der Waals surface area contributed by atoms with E-state index in [0.29, 0.717) is 0 Å². The molecule has 5 nitrogen and oxygen atoms in total. The summed E-state index contributed by atoms with van der Waals surface area (Å²) in [5.74, 6) is 0. The highest BCUT2D eigenvalue weighted by Gasteiger charge is 2.16. The molecule has 0 spiro atoms. The lowest BCUT2D eigenvalue weighted by Crippen LogP contribution is -1.94. The maximum absolute atomic E-state index is 5.22. The fourth-order valence-corrected chi connectivity index (χ4v) is 6.67. The molecular formula is C45H29N5. The fraction of sp³-hybridized carbons (Fsp3) is 0. The van der Waals surface area contributed by atoms with Gasteiger partial charge in [-0.1, -0.05) is 91.0 Å². The van der Waals surface area contributed by atoms with E-state index in [1.165, 1.54) is 16.5 Å². The van der Waals surface area contributed by atoms with Gasteiger partial charge in [0.1, 0.15) is 0 Å². The van der Waals surface area contributed by atoms with E-state index in [9.17, 15) is 0 Å². The first-order valence-electron chi connectivity index (χ1n) is 16.6. The van der Waals surface area contributed by atoms with Gasteiger partial charge in [0.05, 0.1) is 34.0 Å². The average Bonchev–Trinajstić information content (AvgIpc) is 3.21. The second-order valence-electron chi connectivity index (χ2n) is 12.2. The smallest absolute Gasteiger partial charge is 0.0900 e. The first-order chi connectivity index (χ1) is 24.8. The normalized spacial score (nSPS) is 11.2. The second-order valence-corrected chi connectivity index (χ2v) is 12.2. The molecule has 0 saturated heterocycles. The average molecular weight is 640 g/mol. The minimum atomic E-state index is 0.807. The first-order valence-corrected chi connectivity index (χ1v) is 16.6. The van der Waals surface area contributed by atoms with Crippen molar-refractivity contribution in [1.29, 1.82) is 0 Å². The summed E-state index contributed by atoms with van der Waals surface area (Å²) in [6.07, 6.45) is 7.24. The molecule has 0 aliphatic carbocycles. The van der Waals surface area contributed by atoms with Crippen molar-refractivity contribution in [3.05, 3.63) is 176 Å². The van der Waals surface area contributed by atoms with E-state index in [-0.39, 0.29) is 0 Å². The molecule has 4 aromatic carbocycles. The molecule has 9 rings (SSSR count). The molecule has 5 heteroatoms. The summed E-state index contributed by atoms with van der Waals surface area (Å²) < 4.78 is 0. The molecule has 0 unspecified atom stereocenters. The number of nitrogens with zero attached hydrogens (tertiary/aromatic N) is 5. The van der Waals surface area contributed by atoms with E-state index in [0.717, 1.165) is 72.6 Å². The van der Waals surface area contributed by atoms with Gasteiger partial charge in [-0.25, -0.2) is 9.97 Å². The number of fused-ring (bicyclic) bond motifs is 3. The van der Waals surface area contributed by atoms with Gasteiger partial charge in [0.2, 0.25) is 0 Å². The van der Waals surface area contributed by atoms with Gasteiger partial charge in [-0.3, -0.25) is 15.0 Å². The standard InChI is InChI=1S/C45H29N5/c1-2-9-32(10-3-1)36-11-8-12-37-44(36)38-27-34(19-20-39(38)50-45(37)33-21-25-46-26-22-33)30-15-17-31(18-16-30)35-28-42(40-13-4-6-23-47-40)49-43(29-35)41-14-5-7-24-48-41/h1-29H. The van der Waals surface area contributed by atoms with Crippen molar-refractivity contribution in [2.24, 2.45) is 0 Å². The molecule has 5 heterocycles. The summed E-state index contributed by atoms with van der Waals surface area (Å²) in [5, 5.41) is 3.42. The maximum atomic E-state index is 5.22. The highest BCUT2D eigenvalue weighted by Crippen LogP contribution is 2.40. The quantitative estimate of drug-likeness (QED) is 0.169. The van der Waals surface area contributed by atoms with E-state index >= 15 is 0 Å². The van der Waals surface area contributed by atoms with E-state index < -0.39 is 0 Å². The van der Waals surface area contributed by atoms with E-state index in [1.54, 1.807) is 12.4 Å². The van der Waals surface area contributed by atoms with Crippen LogP contribution in [0.1, 0.15) is 0 Å². The third kappa shape index (κ3) is 5.47. The van der Waals surface area contributed by atoms with Gasteiger partial charge in [-0.15, -0.1) is 0 Å². The summed E-state index contributed by atoms with van der Waals surface area (Å²) in [5.41, 5.74) is 13.0. The van der Waals surface area contributed by atoms with Crippen LogP contribution in [-0.4, -0.2) is 24.9 Å². The molecule has 9 aromatic rings. The molecule has 234 valence electrons. The second kappa shape index (κ2) is 12.6. The van der Waals surface area contributed by atoms with Crippen LogP contribution in [0.15, 0.2) is 176 Å². The van der Waals surface area contributed by atoms with Gasteiger partial charge >= 0.3 is 0 Å². The summed E-state index contributed by atoms with van der Waals surface area (Å²) >= 11 is 0. The Hall–Kier alpha value is -6.85. The van der Waals surface area contributed by atoms with Gasteiger partial charge in [0.25, 0.3) is 0 Å². The van der Waals surface area contributed by atoms with Crippen molar-refractivity contribution in [2.75, 3.05) is 0 Å². The van der Waals surface area contributed by atoms with Gasteiger partial charge in [-0.05, 0) is 94.0 Å². The van der Waals surface area contributed by atoms with Crippen molar-refractivity contribution >= 4 is 21.7 Å². The van der Waals surface area contributed by atoms with Crippen LogP contribution in [0.4, 0.5) is 0 Å². The van der Waals surface area contributed by atoms with Gasteiger partial charge < -0.3 is 0 Å². The summed E-state index contributed by atoms with van der Waals surface area (Å²) in [6.45, 7) is 0. The summed E-state index contributed by atoms with van der Waals surface area (Å²) in [6, 6.07) is 52.5. The molecule has 0 aliphatic heterocycles. The molecule has 0 atom stereocenters. The van der Waals surface area contributed by atoms with E-state index in [2.05, 4.69) is 118 Å². The Balaban J connectivity index is 1.17. The molecule has 0 N–H and O–H groups in total. The van der Waals surface area contributed by atoms with Crippen molar-refractivity contribution in [2.45, 2.75) is 0 Å². The minimum Gasteiger partial charge on any atom is -0.265 e. The minimum absolute atomic E-state index is 0.807. The number of hydrogen-bond acceptors (Lipinski definition) is 5. The Kier molecular flexibility index (Phi) is 7.41. The molecule has 5 aromatic heterocycles. The van der Waals surface area contributed by atoms with Gasteiger partial charge in [0, 0.05) is 46.5 Å². The predicted molar refractivity (Wildman–Crippen MR) is 203 cm³/mol. The number of aromatic nitrogens is 5. The van der Waals surface area contributed by atoms with Gasteiger partial charge in [-0.2, -0.15) is 0 Å². The molecule has 50 heavy (non-hydrogen) atoms. The van der Waals surface area contributed by atoms with Crippen molar-refractivity contribution < 1.29 is 0 Å². The van der Waals surface area contributed by atoms with Crippen LogP contribution >= 0.6 is 0 Å². The van der Waals surface area contributed by atoms with Crippen LogP contribution in [0.5, 0.6) is 0 Å². The number of hydrogen-bond donors (Lipinski definition) is 0. The molecule has 0 amide bonds. The number of benzene rings is 4. The highest BCUT2D eigenvalue weighted by atomic mass is 14.8. The monoisotopic (exact) mass is 639 g/mol. The summed E-state index contributed by atoms with van der Waals surface area (Å²) in [7, 11) is 0. The molecule has 0 aliphatic rings. The lowest BCUT2D eigenvalue weighted by molar-refractivity contribution is 1.22. The first kappa shape index (κ1) is 29.3. The molecule has 0 bridgehead atoms. The van der Waals surface area contributed by atoms with Crippen LogP contribution in [0.3, 0.4) is 0 Å². The van der Waals surface area contributed by atoms with Crippen LogP contribution in [0.25, 0.3) is 89.1 Å². The molecule has 0 saturated carbocycles. The predicted octanol–water partition coefficient (Wildman–Crippen LogP) is 11.0. The summed E-state index contributed by atoms with van der Waals surface area (Å²) in [4.78, 5) is 23.6. The molecule has 0 fully saturated rings. The van der Waals surface area contributed by atoms with E-state index in [4.69, 9.17) is 9.97 Å². The SMILES string of the molecule is c1ccc(-c2cccc3c(-c4ccncc4)nc4ccc(-c5ccc(-c6cc(-c7ccccn7)nc(-c7ccccn7)c6)cc5)cc4c23)cc1. The van der Waals surface area contributed by atoms with Crippen LogP contribution in [-0.2, 0) is 0 Å². The van der Waals surface area contributed by atoms with Crippen molar-refractivity contribution in [1.82, 2.24) is 24.9 Å². The van der Waals surface area contributed by atoms with Crippen LogP contribution in [0.2, 0.25) is 0 Å². The zero-order chi connectivity index (χ0) is 33.3. The lowest BCUT2D eigenvalue weighted by atomic mass is 9.91. The number of rotatable bonds is 6. The number of pyridine rings is 5. The van der Waals surface area contributed by atoms with E-state index in [1.807, 2.05) is 60.9 Å². The Labute approximate surface area is 289 Å². The molecule has 0 radical (unpaired) electrons. The van der Waals surface area contributed by atoms with Crippen molar-refractivity contribution in [3.8, 4) is 67.4 Å². The zero-order valence-electron chi connectivity index (χ0n) is 27.0. The highest BCUT2D eigenvalue weighted by molar-refractivity contribution is 6.17. The Morgan fingerprint density at radius 3 is 1.64 bits per heavy atom.